The van der Waals surface area contributed by atoms with E-state index in [0.29, 0.717) is 6.41 Å². The van der Waals surface area contributed by atoms with Crippen LogP contribution in [0.2, 0.25) is 0 Å². The first-order valence-corrected chi connectivity index (χ1v) is 2.24. The second kappa shape index (κ2) is 1.40. The average molecular weight is 121 g/mol. The van der Waals surface area contributed by atoms with Gasteiger partial charge in [0.25, 0.3) is 5.92 Å². The molecule has 1 N–H and O–H groups in total. The van der Waals surface area contributed by atoms with E-state index in [1.54, 1.807) is 0 Å². The molecule has 4 heteroatoms. The Kier molecular flexibility index (Phi) is 0.957. The second-order valence-corrected chi connectivity index (χ2v) is 1.80. The van der Waals surface area contributed by atoms with Crippen LogP contribution in [-0.2, 0) is 4.79 Å². The van der Waals surface area contributed by atoms with Gasteiger partial charge in [-0.3, -0.25) is 4.79 Å². The molecule has 0 spiro atoms. The van der Waals surface area contributed by atoms with Crippen LogP contribution in [0.5, 0.6) is 0 Å². The summed E-state index contributed by atoms with van der Waals surface area (Å²) < 4.78 is 23.5. The van der Waals surface area contributed by atoms with Gasteiger partial charge in [0.1, 0.15) is 0 Å². The van der Waals surface area contributed by atoms with Crippen molar-refractivity contribution in [2.75, 3.05) is 0 Å². The standard InChI is InChI=1S/C4H5F2NO/c5-4(6)1-3(4)7-2-8/h2-3H,1H2,(H,7,8). The molecule has 1 amide bonds. The van der Waals surface area contributed by atoms with Crippen molar-refractivity contribution in [1.82, 2.24) is 5.32 Å². The molecule has 1 aliphatic carbocycles. The predicted octanol–water partition coefficient (Wildman–Crippen LogP) is 0.140. The Morgan fingerprint density at radius 2 is 2.25 bits per heavy atom. The van der Waals surface area contributed by atoms with E-state index < -0.39 is 12.0 Å². The highest BCUT2D eigenvalue weighted by molar-refractivity contribution is 5.48. The molecular formula is C4H5F2NO. The maximum Gasteiger partial charge on any atom is 0.270 e. The van der Waals surface area contributed by atoms with Crippen molar-refractivity contribution in [3.05, 3.63) is 0 Å². The third kappa shape index (κ3) is 0.778. The first-order chi connectivity index (χ1) is 3.67. The normalized spacial score (nSPS) is 31.5. The van der Waals surface area contributed by atoms with Gasteiger partial charge in [-0.2, -0.15) is 0 Å². The lowest BCUT2D eigenvalue weighted by Gasteiger charge is -1.90. The molecule has 8 heavy (non-hydrogen) atoms. The van der Waals surface area contributed by atoms with Crippen molar-refractivity contribution in [3.8, 4) is 0 Å². The summed E-state index contributed by atoms with van der Waals surface area (Å²) in [7, 11) is 0. The van der Waals surface area contributed by atoms with Gasteiger partial charge in [-0.1, -0.05) is 0 Å². The van der Waals surface area contributed by atoms with Crippen LogP contribution in [0.1, 0.15) is 6.42 Å². The zero-order valence-electron chi connectivity index (χ0n) is 4.03. The summed E-state index contributed by atoms with van der Waals surface area (Å²) in [6.45, 7) is 0. The number of carbonyl (C=O) groups excluding carboxylic acids is 1. The van der Waals surface area contributed by atoms with Gasteiger partial charge < -0.3 is 5.32 Å². The van der Waals surface area contributed by atoms with E-state index in [4.69, 9.17) is 0 Å². The van der Waals surface area contributed by atoms with Gasteiger partial charge in [0, 0.05) is 6.42 Å². The molecule has 0 saturated heterocycles. The highest BCUT2D eigenvalue weighted by Crippen LogP contribution is 2.41. The minimum Gasteiger partial charge on any atom is -0.350 e. The number of hydrogen-bond acceptors (Lipinski definition) is 1. The number of nitrogens with one attached hydrogen (secondary N) is 1. The van der Waals surface area contributed by atoms with Crippen molar-refractivity contribution in [2.45, 2.75) is 18.4 Å². The summed E-state index contributed by atoms with van der Waals surface area (Å²) in [6.07, 6.45) is 0.0946. The van der Waals surface area contributed by atoms with Gasteiger partial charge in [-0.05, 0) is 0 Å². The Labute approximate surface area is 44.9 Å². The molecule has 2 nitrogen and oxygen atoms in total. The largest absolute Gasteiger partial charge is 0.350 e. The first kappa shape index (κ1) is 5.47. The Bertz CT molecular complexity index is 115. The van der Waals surface area contributed by atoms with Crippen LogP contribution in [0.25, 0.3) is 0 Å². The van der Waals surface area contributed by atoms with Crippen LogP contribution in [0.15, 0.2) is 0 Å². The van der Waals surface area contributed by atoms with Crippen molar-refractivity contribution in [3.63, 3.8) is 0 Å². The number of alkyl halides is 2. The molecule has 0 aromatic rings. The molecule has 0 aromatic carbocycles. The number of amides is 1. The molecule has 0 radical (unpaired) electrons. The Morgan fingerprint density at radius 3 is 2.38 bits per heavy atom. The summed E-state index contributed by atoms with van der Waals surface area (Å²) in [6, 6.07) is -0.889. The van der Waals surface area contributed by atoms with Gasteiger partial charge >= 0.3 is 0 Å². The molecule has 1 aliphatic rings. The van der Waals surface area contributed by atoms with Gasteiger partial charge in [-0.25, -0.2) is 8.78 Å². The molecule has 1 saturated carbocycles. The highest BCUT2D eigenvalue weighted by Gasteiger charge is 2.56. The molecule has 1 atom stereocenters. The van der Waals surface area contributed by atoms with Crippen LogP contribution in [0.4, 0.5) is 8.78 Å². The molecule has 1 fully saturated rings. The lowest BCUT2D eigenvalue weighted by atomic mass is 10.7. The predicted molar refractivity (Wildman–Crippen MR) is 22.6 cm³/mol. The molecule has 0 aromatic heterocycles. The Balaban J connectivity index is 2.26. The third-order valence-corrected chi connectivity index (χ3v) is 1.10. The first-order valence-electron chi connectivity index (χ1n) is 2.24. The number of carbonyl (C=O) groups is 1. The molecule has 0 aliphatic heterocycles. The molecule has 0 heterocycles. The SMILES string of the molecule is O=CNC1CC1(F)F. The van der Waals surface area contributed by atoms with Crippen LogP contribution >= 0.6 is 0 Å². The van der Waals surface area contributed by atoms with Crippen LogP contribution in [-0.4, -0.2) is 18.4 Å². The quantitative estimate of drug-likeness (QED) is 0.517. The summed E-state index contributed by atoms with van der Waals surface area (Å²) in [5.41, 5.74) is 0. The molecule has 46 valence electrons. The summed E-state index contributed by atoms with van der Waals surface area (Å²) in [4.78, 5) is 9.50. The highest BCUT2D eigenvalue weighted by atomic mass is 19.3. The molecular weight excluding hydrogens is 116 g/mol. The zero-order chi connectivity index (χ0) is 6.20. The minimum atomic E-state index is -2.62. The van der Waals surface area contributed by atoms with Gasteiger partial charge in [0.05, 0.1) is 6.04 Å². The van der Waals surface area contributed by atoms with Gasteiger partial charge in [0.15, 0.2) is 0 Å². The number of rotatable bonds is 2. The molecule has 0 bridgehead atoms. The third-order valence-electron chi connectivity index (χ3n) is 1.10. The summed E-state index contributed by atoms with van der Waals surface area (Å²) in [5.74, 6) is -2.62. The summed E-state index contributed by atoms with van der Waals surface area (Å²) >= 11 is 0. The molecule has 1 unspecified atom stereocenters. The van der Waals surface area contributed by atoms with E-state index >= 15 is 0 Å². The van der Waals surface area contributed by atoms with Crippen molar-refractivity contribution in [2.24, 2.45) is 0 Å². The fourth-order valence-corrected chi connectivity index (χ4v) is 0.476. The maximum absolute atomic E-state index is 11.8. The lowest BCUT2D eigenvalue weighted by Crippen LogP contribution is -2.19. The zero-order valence-corrected chi connectivity index (χ0v) is 4.03. The van der Waals surface area contributed by atoms with E-state index in [1.165, 1.54) is 0 Å². The van der Waals surface area contributed by atoms with E-state index in [9.17, 15) is 13.6 Å². The Morgan fingerprint density at radius 1 is 1.75 bits per heavy atom. The topological polar surface area (TPSA) is 29.1 Å². The number of hydrogen-bond donors (Lipinski definition) is 1. The number of halogens is 2. The van der Waals surface area contributed by atoms with Gasteiger partial charge in [0.2, 0.25) is 6.41 Å². The maximum atomic E-state index is 11.8. The fourth-order valence-electron chi connectivity index (χ4n) is 0.476. The van der Waals surface area contributed by atoms with Crippen molar-refractivity contribution >= 4 is 6.41 Å². The van der Waals surface area contributed by atoms with Crippen molar-refractivity contribution in [1.29, 1.82) is 0 Å². The molecule has 1 rings (SSSR count). The minimum absolute atomic E-state index is 0.203. The second-order valence-electron chi connectivity index (χ2n) is 1.80. The van der Waals surface area contributed by atoms with Gasteiger partial charge in [-0.15, -0.1) is 0 Å². The average Bonchev–Trinajstić information content (AvgIpc) is 2.15. The van der Waals surface area contributed by atoms with Crippen molar-refractivity contribution < 1.29 is 13.6 Å². The lowest BCUT2D eigenvalue weighted by molar-refractivity contribution is -0.110. The monoisotopic (exact) mass is 121 g/mol. The fraction of sp³-hybridized carbons (Fsp3) is 0.750. The van der Waals surface area contributed by atoms with E-state index in [0.717, 1.165) is 0 Å². The Hall–Kier alpha value is -0.670. The van der Waals surface area contributed by atoms with Crippen LogP contribution in [0, 0.1) is 0 Å². The van der Waals surface area contributed by atoms with E-state index in [-0.39, 0.29) is 6.42 Å². The van der Waals surface area contributed by atoms with E-state index in [1.807, 2.05) is 5.32 Å². The van der Waals surface area contributed by atoms with Crippen LogP contribution in [0.3, 0.4) is 0 Å². The summed E-state index contributed by atoms with van der Waals surface area (Å²) in [5, 5.41) is 1.98. The smallest absolute Gasteiger partial charge is 0.270 e. The van der Waals surface area contributed by atoms with Crippen LogP contribution < -0.4 is 5.32 Å². The van der Waals surface area contributed by atoms with E-state index in [2.05, 4.69) is 0 Å².